The standard InChI is InChI=1S/C16H27N3S2/c1-10(2)17-8-11(3)15-12(4)18-16(19-13(15)5)14-9-20-6-7-21-14/h10-11,14,17H,6-9H2,1-5H3. The molecule has 21 heavy (non-hydrogen) atoms. The molecule has 0 aliphatic carbocycles. The first kappa shape index (κ1) is 17.1. The fourth-order valence-corrected chi connectivity index (χ4v) is 5.36. The molecule has 0 aromatic carbocycles. The fraction of sp³-hybridized carbons (Fsp3) is 0.750. The number of aromatic nitrogens is 2. The summed E-state index contributed by atoms with van der Waals surface area (Å²) in [5.74, 6) is 5.11. The van der Waals surface area contributed by atoms with Gasteiger partial charge in [-0.05, 0) is 25.3 Å². The Morgan fingerprint density at radius 3 is 2.33 bits per heavy atom. The van der Waals surface area contributed by atoms with Crippen LogP contribution in [0.5, 0.6) is 0 Å². The van der Waals surface area contributed by atoms with E-state index in [0.29, 0.717) is 17.2 Å². The lowest BCUT2D eigenvalue weighted by molar-refractivity contribution is 0.543. The molecule has 0 spiro atoms. The highest BCUT2D eigenvalue weighted by Gasteiger charge is 2.22. The van der Waals surface area contributed by atoms with Crippen LogP contribution in [0.25, 0.3) is 0 Å². The zero-order valence-corrected chi connectivity index (χ0v) is 15.4. The summed E-state index contributed by atoms with van der Waals surface area (Å²) in [6.07, 6.45) is 0. The molecule has 1 fully saturated rings. The van der Waals surface area contributed by atoms with Gasteiger partial charge in [0.1, 0.15) is 5.82 Å². The number of hydrogen-bond acceptors (Lipinski definition) is 5. The summed E-state index contributed by atoms with van der Waals surface area (Å²) in [6, 6.07) is 0.518. The topological polar surface area (TPSA) is 37.8 Å². The quantitative estimate of drug-likeness (QED) is 0.893. The van der Waals surface area contributed by atoms with Gasteiger partial charge in [0.2, 0.25) is 0 Å². The molecule has 0 saturated carbocycles. The highest BCUT2D eigenvalue weighted by atomic mass is 32.2. The number of rotatable bonds is 5. The highest BCUT2D eigenvalue weighted by Crippen LogP contribution is 2.36. The lowest BCUT2D eigenvalue weighted by Gasteiger charge is -2.23. The van der Waals surface area contributed by atoms with Crippen LogP contribution in [0.3, 0.4) is 0 Å². The van der Waals surface area contributed by atoms with Crippen LogP contribution in [0.4, 0.5) is 0 Å². The molecule has 2 unspecified atom stereocenters. The molecule has 0 amide bonds. The van der Waals surface area contributed by atoms with E-state index in [0.717, 1.165) is 29.5 Å². The number of hydrogen-bond donors (Lipinski definition) is 1. The summed E-state index contributed by atoms with van der Waals surface area (Å²) >= 11 is 4.02. The minimum Gasteiger partial charge on any atom is -0.314 e. The zero-order valence-electron chi connectivity index (χ0n) is 13.8. The first-order chi connectivity index (χ1) is 9.99. The maximum Gasteiger partial charge on any atom is 0.142 e. The van der Waals surface area contributed by atoms with Crippen molar-refractivity contribution in [3.05, 3.63) is 22.8 Å². The van der Waals surface area contributed by atoms with Gasteiger partial charge in [0.05, 0.1) is 5.25 Å². The fourth-order valence-electron chi connectivity index (χ4n) is 2.76. The molecule has 2 rings (SSSR count). The third-order valence-electron chi connectivity index (χ3n) is 3.77. The van der Waals surface area contributed by atoms with Crippen LogP contribution in [0.1, 0.15) is 54.7 Å². The SMILES string of the molecule is Cc1nc(C2CSCCS2)nc(C)c1C(C)CNC(C)C. The van der Waals surface area contributed by atoms with Crippen LogP contribution >= 0.6 is 23.5 Å². The molecule has 1 aliphatic rings. The first-order valence-electron chi connectivity index (χ1n) is 7.76. The number of nitrogens with zero attached hydrogens (tertiary/aromatic N) is 2. The van der Waals surface area contributed by atoms with Crippen LogP contribution in [0, 0.1) is 13.8 Å². The van der Waals surface area contributed by atoms with Crippen molar-refractivity contribution in [1.29, 1.82) is 0 Å². The Morgan fingerprint density at radius 1 is 1.14 bits per heavy atom. The van der Waals surface area contributed by atoms with Gasteiger partial charge >= 0.3 is 0 Å². The normalized spacial score (nSPS) is 20.8. The van der Waals surface area contributed by atoms with Crippen molar-refractivity contribution in [2.75, 3.05) is 23.8 Å². The maximum atomic E-state index is 4.83. The summed E-state index contributed by atoms with van der Waals surface area (Å²) in [7, 11) is 0. The molecule has 3 nitrogen and oxygen atoms in total. The molecular formula is C16H27N3S2. The van der Waals surface area contributed by atoms with Crippen LogP contribution in [0.15, 0.2) is 0 Å². The van der Waals surface area contributed by atoms with Gasteiger partial charge in [-0.3, -0.25) is 0 Å². The Bertz CT molecular complexity index is 448. The molecule has 1 aromatic rings. The molecule has 0 radical (unpaired) electrons. The molecule has 0 bridgehead atoms. The van der Waals surface area contributed by atoms with E-state index in [1.54, 1.807) is 0 Å². The van der Waals surface area contributed by atoms with Crippen LogP contribution < -0.4 is 5.32 Å². The second-order valence-electron chi connectivity index (χ2n) is 6.06. The summed E-state index contributed by atoms with van der Waals surface area (Å²) in [4.78, 5) is 9.67. The number of nitrogens with one attached hydrogen (secondary N) is 1. The van der Waals surface area contributed by atoms with Gasteiger partial charge in [-0.2, -0.15) is 11.8 Å². The van der Waals surface area contributed by atoms with Gasteiger partial charge in [0, 0.05) is 41.2 Å². The van der Waals surface area contributed by atoms with E-state index in [1.807, 2.05) is 23.5 Å². The van der Waals surface area contributed by atoms with E-state index < -0.39 is 0 Å². The molecule has 1 aromatic heterocycles. The van der Waals surface area contributed by atoms with Gasteiger partial charge in [-0.15, -0.1) is 11.8 Å². The highest BCUT2D eigenvalue weighted by molar-refractivity contribution is 8.06. The van der Waals surface area contributed by atoms with Gasteiger partial charge in [0.15, 0.2) is 0 Å². The van der Waals surface area contributed by atoms with E-state index in [9.17, 15) is 0 Å². The van der Waals surface area contributed by atoms with Gasteiger partial charge in [-0.25, -0.2) is 9.97 Å². The van der Waals surface area contributed by atoms with E-state index in [1.165, 1.54) is 17.1 Å². The Kier molecular flexibility index (Phi) is 6.38. The van der Waals surface area contributed by atoms with Crippen molar-refractivity contribution >= 4 is 23.5 Å². The van der Waals surface area contributed by atoms with E-state index >= 15 is 0 Å². The van der Waals surface area contributed by atoms with Gasteiger partial charge < -0.3 is 5.32 Å². The lowest BCUT2D eigenvalue weighted by Crippen LogP contribution is -2.28. The van der Waals surface area contributed by atoms with E-state index in [2.05, 4.69) is 39.9 Å². The molecular weight excluding hydrogens is 298 g/mol. The Balaban J connectivity index is 2.16. The van der Waals surface area contributed by atoms with Crippen LogP contribution in [0.2, 0.25) is 0 Å². The molecule has 2 atom stereocenters. The maximum absolute atomic E-state index is 4.83. The monoisotopic (exact) mass is 325 g/mol. The van der Waals surface area contributed by atoms with Crippen LogP contribution in [-0.4, -0.2) is 39.8 Å². The third-order valence-corrected chi connectivity index (χ3v) is 6.52. The predicted octanol–water partition coefficient (Wildman–Crippen LogP) is 3.72. The number of aryl methyl sites for hydroxylation is 2. The minimum absolute atomic E-state index is 0.454. The Morgan fingerprint density at radius 2 is 1.81 bits per heavy atom. The van der Waals surface area contributed by atoms with Crippen LogP contribution in [-0.2, 0) is 0 Å². The minimum atomic E-state index is 0.454. The Hall–Kier alpha value is -0.260. The van der Waals surface area contributed by atoms with E-state index in [-0.39, 0.29) is 0 Å². The van der Waals surface area contributed by atoms with Crippen molar-refractivity contribution in [1.82, 2.24) is 15.3 Å². The molecule has 2 heterocycles. The largest absolute Gasteiger partial charge is 0.314 e. The second-order valence-corrected chi connectivity index (χ2v) is 8.53. The average Bonchev–Trinajstić information content (AvgIpc) is 2.45. The third kappa shape index (κ3) is 4.60. The first-order valence-corrected chi connectivity index (χ1v) is 9.97. The molecule has 118 valence electrons. The zero-order chi connectivity index (χ0) is 15.4. The van der Waals surface area contributed by atoms with Crippen molar-refractivity contribution < 1.29 is 0 Å². The number of thioether (sulfide) groups is 2. The van der Waals surface area contributed by atoms with Gasteiger partial charge in [-0.1, -0.05) is 20.8 Å². The van der Waals surface area contributed by atoms with Crippen molar-refractivity contribution in [3.63, 3.8) is 0 Å². The molecule has 5 heteroatoms. The van der Waals surface area contributed by atoms with Gasteiger partial charge in [0.25, 0.3) is 0 Å². The molecule has 1 saturated heterocycles. The summed E-state index contributed by atoms with van der Waals surface area (Å²) in [5, 5.41) is 3.98. The predicted molar refractivity (Wildman–Crippen MR) is 95.6 cm³/mol. The summed E-state index contributed by atoms with van der Waals surface area (Å²) < 4.78 is 0. The van der Waals surface area contributed by atoms with Crippen molar-refractivity contribution in [2.45, 2.75) is 51.8 Å². The van der Waals surface area contributed by atoms with Crippen molar-refractivity contribution in [2.24, 2.45) is 0 Å². The molecule has 1 N–H and O–H groups in total. The summed E-state index contributed by atoms with van der Waals surface area (Å²) in [5.41, 5.74) is 3.64. The Labute approximate surface area is 137 Å². The smallest absolute Gasteiger partial charge is 0.142 e. The lowest BCUT2D eigenvalue weighted by atomic mass is 9.97. The summed E-state index contributed by atoms with van der Waals surface area (Å²) in [6.45, 7) is 11.9. The average molecular weight is 326 g/mol. The second kappa shape index (κ2) is 7.84. The van der Waals surface area contributed by atoms with E-state index in [4.69, 9.17) is 9.97 Å². The molecule has 1 aliphatic heterocycles. The van der Waals surface area contributed by atoms with Crippen molar-refractivity contribution in [3.8, 4) is 0 Å².